The van der Waals surface area contributed by atoms with Crippen LogP contribution in [0, 0.1) is 11.3 Å². The van der Waals surface area contributed by atoms with Gasteiger partial charge in [-0.25, -0.2) is 0 Å². The van der Waals surface area contributed by atoms with Gasteiger partial charge >= 0.3 is 0 Å². The Morgan fingerprint density at radius 3 is 2.71 bits per heavy atom. The molecule has 3 heteroatoms. The van der Waals surface area contributed by atoms with Gasteiger partial charge in [-0.3, -0.25) is 0 Å². The van der Waals surface area contributed by atoms with Gasteiger partial charge in [-0.1, -0.05) is 17.7 Å². The minimum Gasteiger partial charge on any atom is -0.496 e. The van der Waals surface area contributed by atoms with Gasteiger partial charge in [-0.15, -0.1) is 0 Å². The SMILES string of the molecule is COc1cccc(Cl)c1C1(C#N)CC1. The van der Waals surface area contributed by atoms with Crippen molar-refractivity contribution >= 4 is 11.6 Å². The Labute approximate surface area is 88.1 Å². The smallest absolute Gasteiger partial charge is 0.125 e. The summed E-state index contributed by atoms with van der Waals surface area (Å²) >= 11 is 6.08. The van der Waals surface area contributed by atoms with Gasteiger partial charge in [0.15, 0.2) is 0 Å². The second kappa shape index (κ2) is 3.18. The van der Waals surface area contributed by atoms with Gasteiger partial charge in [0.25, 0.3) is 0 Å². The molecular weight excluding hydrogens is 198 g/mol. The summed E-state index contributed by atoms with van der Waals surface area (Å²) in [6.45, 7) is 0. The highest BCUT2D eigenvalue weighted by Gasteiger charge is 2.48. The first kappa shape index (κ1) is 9.36. The third-order valence-corrected chi connectivity index (χ3v) is 2.95. The van der Waals surface area contributed by atoms with Crippen molar-refractivity contribution in [3.8, 4) is 11.8 Å². The monoisotopic (exact) mass is 207 g/mol. The molecule has 14 heavy (non-hydrogen) atoms. The van der Waals surface area contributed by atoms with Crippen molar-refractivity contribution in [1.82, 2.24) is 0 Å². The molecule has 1 aliphatic carbocycles. The summed E-state index contributed by atoms with van der Waals surface area (Å²) in [7, 11) is 1.60. The molecule has 1 saturated carbocycles. The van der Waals surface area contributed by atoms with E-state index in [-0.39, 0.29) is 5.41 Å². The second-order valence-electron chi connectivity index (χ2n) is 3.51. The molecule has 0 spiro atoms. The van der Waals surface area contributed by atoms with Gasteiger partial charge in [-0.2, -0.15) is 5.26 Å². The first-order chi connectivity index (χ1) is 6.73. The zero-order chi connectivity index (χ0) is 10.2. The number of hydrogen-bond acceptors (Lipinski definition) is 2. The second-order valence-corrected chi connectivity index (χ2v) is 3.92. The number of rotatable bonds is 2. The largest absolute Gasteiger partial charge is 0.496 e. The lowest BCUT2D eigenvalue weighted by molar-refractivity contribution is 0.407. The van der Waals surface area contributed by atoms with Crippen molar-refractivity contribution in [1.29, 1.82) is 5.26 Å². The van der Waals surface area contributed by atoms with Crippen LogP contribution in [-0.2, 0) is 5.41 Å². The van der Waals surface area contributed by atoms with Crippen LogP contribution in [-0.4, -0.2) is 7.11 Å². The van der Waals surface area contributed by atoms with E-state index in [2.05, 4.69) is 6.07 Å². The molecule has 1 aromatic rings. The van der Waals surface area contributed by atoms with Crippen molar-refractivity contribution in [2.24, 2.45) is 0 Å². The van der Waals surface area contributed by atoms with Gasteiger partial charge < -0.3 is 4.74 Å². The van der Waals surface area contributed by atoms with Crippen LogP contribution >= 0.6 is 11.6 Å². The molecule has 0 aliphatic heterocycles. The number of benzene rings is 1. The van der Waals surface area contributed by atoms with Gasteiger partial charge in [0.2, 0.25) is 0 Å². The molecule has 1 fully saturated rings. The summed E-state index contributed by atoms with van der Waals surface area (Å²) in [4.78, 5) is 0. The van der Waals surface area contributed by atoms with Gasteiger partial charge in [-0.05, 0) is 25.0 Å². The summed E-state index contributed by atoms with van der Waals surface area (Å²) in [5.74, 6) is 0.719. The molecule has 2 rings (SSSR count). The Balaban J connectivity index is 2.57. The lowest BCUT2D eigenvalue weighted by Crippen LogP contribution is -2.06. The van der Waals surface area contributed by atoms with Crippen molar-refractivity contribution in [3.05, 3.63) is 28.8 Å². The van der Waals surface area contributed by atoms with Crippen molar-refractivity contribution < 1.29 is 4.74 Å². The van der Waals surface area contributed by atoms with Crippen molar-refractivity contribution in [2.75, 3.05) is 7.11 Å². The summed E-state index contributed by atoms with van der Waals surface area (Å²) in [5, 5.41) is 9.72. The molecule has 1 aromatic carbocycles. The van der Waals surface area contributed by atoms with Crippen LogP contribution < -0.4 is 4.74 Å². The molecule has 0 amide bonds. The predicted molar refractivity (Wildman–Crippen MR) is 54.5 cm³/mol. The van der Waals surface area contributed by atoms with Gasteiger partial charge in [0.1, 0.15) is 5.75 Å². The topological polar surface area (TPSA) is 33.0 Å². The zero-order valence-electron chi connectivity index (χ0n) is 7.88. The van der Waals surface area contributed by atoms with E-state index in [1.165, 1.54) is 0 Å². The highest BCUT2D eigenvalue weighted by Crippen LogP contribution is 2.53. The minimum atomic E-state index is -0.385. The number of halogens is 1. The average molecular weight is 208 g/mol. The van der Waals surface area contributed by atoms with Gasteiger partial charge in [0, 0.05) is 10.6 Å². The molecule has 1 aliphatic rings. The van der Waals surface area contributed by atoms with Crippen molar-refractivity contribution in [2.45, 2.75) is 18.3 Å². The maximum absolute atomic E-state index is 9.09. The summed E-state index contributed by atoms with van der Waals surface area (Å²) < 4.78 is 5.22. The maximum Gasteiger partial charge on any atom is 0.125 e. The molecule has 0 atom stereocenters. The fourth-order valence-electron chi connectivity index (χ4n) is 1.68. The third kappa shape index (κ3) is 1.25. The van der Waals surface area contributed by atoms with E-state index in [1.807, 2.05) is 12.1 Å². The minimum absolute atomic E-state index is 0.385. The zero-order valence-corrected chi connectivity index (χ0v) is 8.64. The quantitative estimate of drug-likeness (QED) is 0.747. The lowest BCUT2D eigenvalue weighted by atomic mass is 9.96. The number of nitriles is 1. The lowest BCUT2D eigenvalue weighted by Gasteiger charge is -2.13. The van der Waals surface area contributed by atoms with E-state index in [9.17, 15) is 0 Å². The molecule has 2 nitrogen and oxygen atoms in total. The molecule has 0 unspecified atom stereocenters. The van der Waals surface area contributed by atoms with E-state index < -0.39 is 0 Å². The Hall–Kier alpha value is -1.20. The van der Waals surface area contributed by atoms with E-state index in [4.69, 9.17) is 21.6 Å². The number of ether oxygens (including phenoxy) is 1. The Morgan fingerprint density at radius 2 is 2.21 bits per heavy atom. The van der Waals surface area contributed by atoms with Crippen LogP contribution in [0.1, 0.15) is 18.4 Å². The van der Waals surface area contributed by atoms with Crippen LogP contribution in [0.15, 0.2) is 18.2 Å². The van der Waals surface area contributed by atoms with Crippen molar-refractivity contribution in [3.63, 3.8) is 0 Å². The maximum atomic E-state index is 9.09. The fraction of sp³-hybridized carbons (Fsp3) is 0.364. The van der Waals surface area contributed by atoms with Crippen LogP contribution in [0.3, 0.4) is 0 Å². The van der Waals surface area contributed by atoms with Crippen LogP contribution in [0.5, 0.6) is 5.75 Å². The first-order valence-electron chi connectivity index (χ1n) is 4.48. The molecule has 0 aromatic heterocycles. The Bertz CT molecular complexity index is 404. The van der Waals surface area contributed by atoms with Crippen LogP contribution in [0.4, 0.5) is 0 Å². The van der Waals surface area contributed by atoms with E-state index in [1.54, 1.807) is 13.2 Å². The molecule has 0 heterocycles. The number of nitrogens with zero attached hydrogens (tertiary/aromatic N) is 1. The predicted octanol–water partition coefficient (Wildman–Crippen LogP) is 2.90. The fourth-order valence-corrected chi connectivity index (χ4v) is 2.03. The normalized spacial score (nSPS) is 17.2. The average Bonchev–Trinajstić information content (AvgIpc) is 2.98. The van der Waals surface area contributed by atoms with Gasteiger partial charge in [0.05, 0.1) is 18.6 Å². The highest BCUT2D eigenvalue weighted by molar-refractivity contribution is 6.31. The molecule has 0 N–H and O–H groups in total. The summed E-state index contributed by atoms with van der Waals surface area (Å²) in [6.07, 6.45) is 1.76. The summed E-state index contributed by atoms with van der Waals surface area (Å²) in [5.41, 5.74) is 0.468. The molecule has 0 saturated heterocycles. The first-order valence-corrected chi connectivity index (χ1v) is 4.85. The highest BCUT2D eigenvalue weighted by atomic mass is 35.5. The summed E-state index contributed by atoms with van der Waals surface area (Å²) in [6, 6.07) is 7.80. The van der Waals surface area contributed by atoms with E-state index in [0.717, 1.165) is 24.2 Å². The van der Waals surface area contributed by atoms with Crippen LogP contribution in [0.2, 0.25) is 5.02 Å². The van der Waals surface area contributed by atoms with Crippen LogP contribution in [0.25, 0.3) is 0 Å². The standard InChI is InChI=1S/C11H10ClNO/c1-14-9-4-2-3-8(12)10(9)11(7-13)5-6-11/h2-4H,5-6H2,1H3. The molecule has 72 valence electrons. The van der Waals surface area contributed by atoms with E-state index in [0.29, 0.717) is 5.02 Å². The Morgan fingerprint density at radius 1 is 1.50 bits per heavy atom. The third-order valence-electron chi connectivity index (χ3n) is 2.64. The number of hydrogen-bond donors (Lipinski definition) is 0. The Kier molecular flexibility index (Phi) is 2.13. The molecule has 0 bridgehead atoms. The molecular formula is C11H10ClNO. The van der Waals surface area contributed by atoms with E-state index >= 15 is 0 Å². The molecule has 0 radical (unpaired) electrons. The number of methoxy groups -OCH3 is 1.